The van der Waals surface area contributed by atoms with Crippen LogP contribution >= 0.6 is 0 Å². The number of rotatable bonds is 3. The average Bonchev–Trinajstić information content (AvgIpc) is 2.94. The van der Waals surface area contributed by atoms with E-state index in [1.54, 1.807) is 0 Å². The van der Waals surface area contributed by atoms with Crippen LogP contribution in [-0.4, -0.2) is 15.0 Å². The van der Waals surface area contributed by atoms with E-state index in [-0.39, 0.29) is 0 Å². The van der Waals surface area contributed by atoms with Crippen LogP contribution in [0.15, 0.2) is 42.5 Å². The van der Waals surface area contributed by atoms with E-state index in [1.807, 2.05) is 16.8 Å². The van der Waals surface area contributed by atoms with Crippen LogP contribution < -0.4 is 5.73 Å². The molecule has 0 bridgehead atoms. The molecule has 0 saturated heterocycles. The summed E-state index contributed by atoms with van der Waals surface area (Å²) in [6, 6.07) is 14.6. The highest BCUT2D eigenvalue weighted by Crippen LogP contribution is 2.27. The quantitative estimate of drug-likeness (QED) is 0.805. The van der Waals surface area contributed by atoms with Crippen molar-refractivity contribution in [2.24, 2.45) is 5.73 Å². The van der Waals surface area contributed by atoms with E-state index in [0.717, 1.165) is 22.6 Å². The molecule has 0 aliphatic rings. The number of aryl methyl sites for hydroxylation is 3. The van der Waals surface area contributed by atoms with Gasteiger partial charge in [0, 0.05) is 12.1 Å². The summed E-state index contributed by atoms with van der Waals surface area (Å²) in [6.07, 6.45) is 0. The summed E-state index contributed by atoms with van der Waals surface area (Å²) in [7, 11) is 0. The summed E-state index contributed by atoms with van der Waals surface area (Å²) in [5.74, 6) is 0. The molecule has 4 nitrogen and oxygen atoms in total. The zero-order chi connectivity index (χ0) is 15.7. The molecule has 2 N–H and O–H groups in total. The second-order valence-corrected chi connectivity index (χ2v) is 5.64. The summed E-state index contributed by atoms with van der Waals surface area (Å²) in [5.41, 5.74) is 13.4. The second kappa shape index (κ2) is 5.73. The van der Waals surface area contributed by atoms with E-state index in [1.165, 1.54) is 16.7 Å². The first-order chi connectivity index (χ1) is 10.6. The van der Waals surface area contributed by atoms with Crippen LogP contribution in [0.4, 0.5) is 0 Å². The maximum absolute atomic E-state index is 5.86. The van der Waals surface area contributed by atoms with Crippen LogP contribution in [0, 0.1) is 20.8 Å². The molecule has 1 heterocycles. The van der Waals surface area contributed by atoms with Crippen molar-refractivity contribution in [3.63, 3.8) is 0 Å². The van der Waals surface area contributed by atoms with Crippen LogP contribution in [0.5, 0.6) is 0 Å². The molecule has 2 aromatic carbocycles. The lowest BCUT2D eigenvalue weighted by atomic mass is 10.0. The number of nitrogens with zero attached hydrogens (tertiary/aromatic N) is 3. The first kappa shape index (κ1) is 14.5. The fraction of sp³-hybridized carbons (Fsp3) is 0.222. The Balaban J connectivity index is 2.21. The summed E-state index contributed by atoms with van der Waals surface area (Å²) in [4.78, 5) is 0. The van der Waals surface area contributed by atoms with Gasteiger partial charge in [-0.1, -0.05) is 29.5 Å². The molecule has 0 fully saturated rings. The molecular formula is C18H20N4. The van der Waals surface area contributed by atoms with Gasteiger partial charge in [0.05, 0.1) is 11.4 Å². The summed E-state index contributed by atoms with van der Waals surface area (Å²) in [6.45, 7) is 6.66. The molecule has 0 atom stereocenters. The SMILES string of the molecule is Cc1cccc(-n2nnc(CN)c2-c2ccc(C)c(C)c2)c1. The first-order valence-electron chi connectivity index (χ1n) is 7.39. The standard InChI is InChI=1S/C18H20N4/c1-12-5-4-6-16(9-12)22-18(17(11-19)20-21-22)15-8-7-13(2)14(3)10-15/h4-10H,11,19H2,1-3H3. The van der Waals surface area contributed by atoms with Crippen molar-refractivity contribution >= 4 is 0 Å². The lowest BCUT2D eigenvalue weighted by Gasteiger charge is -2.10. The predicted octanol–water partition coefficient (Wildman–Crippen LogP) is 3.32. The molecule has 112 valence electrons. The average molecular weight is 292 g/mol. The largest absolute Gasteiger partial charge is 0.325 e. The molecule has 0 aliphatic carbocycles. The molecule has 4 heteroatoms. The van der Waals surface area contributed by atoms with Crippen LogP contribution in [0.1, 0.15) is 22.4 Å². The Morgan fingerprint density at radius 2 is 1.82 bits per heavy atom. The van der Waals surface area contributed by atoms with Crippen LogP contribution in [0.25, 0.3) is 16.9 Å². The maximum Gasteiger partial charge on any atom is 0.105 e. The molecule has 22 heavy (non-hydrogen) atoms. The monoisotopic (exact) mass is 292 g/mol. The van der Waals surface area contributed by atoms with Gasteiger partial charge in [0.25, 0.3) is 0 Å². The summed E-state index contributed by atoms with van der Waals surface area (Å²) in [5, 5.41) is 8.57. The topological polar surface area (TPSA) is 56.7 Å². The van der Waals surface area contributed by atoms with Crippen molar-refractivity contribution in [1.29, 1.82) is 0 Å². The van der Waals surface area contributed by atoms with E-state index in [4.69, 9.17) is 5.73 Å². The Labute approximate surface area is 130 Å². The minimum absolute atomic E-state index is 0.369. The van der Waals surface area contributed by atoms with Crippen LogP contribution in [-0.2, 0) is 6.54 Å². The zero-order valence-corrected chi connectivity index (χ0v) is 13.2. The number of aromatic nitrogens is 3. The zero-order valence-electron chi connectivity index (χ0n) is 13.2. The Kier molecular flexibility index (Phi) is 3.77. The van der Waals surface area contributed by atoms with Gasteiger partial charge in [-0.25, -0.2) is 4.68 Å². The molecule has 1 aromatic heterocycles. The third-order valence-corrected chi connectivity index (χ3v) is 3.96. The maximum atomic E-state index is 5.86. The fourth-order valence-corrected chi connectivity index (χ4v) is 2.57. The molecule has 0 unspecified atom stereocenters. The first-order valence-corrected chi connectivity index (χ1v) is 7.39. The fourth-order valence-electron chi connectivity index (χ4n) is 2.57. The molecule has 0 spiro atoms. The molecule has 3 aromatic rings. The van der Waals surface area contributed by atoms with Gasteiger partial charge in [-0.15, -0.1) is 5.10 Å². The van der Waals surface area contributed by atoms with Crippen LogP contribution in [0.2, 0.25) is 0 Å². The summed E-state index contributed by atoms with van der Waals surface area (Å²) >= 11 is 0. The highest BCUT2D eigenvalue weighted by molar-refractivity contribution is 5.65. The van der Waals surface area contributed by atoms with E-state index >= 15 is 0 Å². The van der Waals surface area contributed by atoms with E-state index < -0.39 is 0 Å². The van der Waals surface area contributed by atoms with Crippen molar-refractivity contribution in [1.82, 2.24) is 15.0 Å². The van der Waals surface area contributed by atoms with Gasteiger partial charge in [-0.2, -0.15) is 0 Å². The Hall–Kier alpha value is -2.46. The normalized spacial score (nSPS) is 10.9. The number of hydrogen-bond donors (Lipinski definition) is 1. The third-order valence-electron chi connectivity index (χ3n) is 3.96. The number of hydrogen-bond acceptors (Lipinski definition) is 3. The Bertz CT molecular complexity index is 818. The molecule has 0 saturated carbocycles. The molecule has 0 radical (unpaired) electrons. The smallest absolute Gasteiger partial charge is 0.105 e. The van der Waals surface area contributed by atoms with Gasteiger partial charge < -0.3 is 5.73 Å². The lowest BCUT2D eigenvalue weighted by molar-refractivity contribution is 0.799. The molecule has 3 rings (SSSR count). The minimum Gasteiger partial charge on any atom is -0.325 e. The van der Waals surface area contributed by atoms with Gasteiger partial charge in [0.1, 0.15) is 5.69 Å². The Morgan fingerprint density at radius 3 is 2.50 bits per heavy atom. The van der Waals surface area contributed by atoms with E-state index in [2.05, 4.69) is 61.4 Å². The summed E-state index contributed by atoms with van der Waals surface area (Å²) < 4.78 is 1.87. The van der Waals surface area contributed by atoms with Gasteiger partial charge in [0.15, 0.2) is 0 Å². The van der Waals surface area contributed by atoms with Crippen LogP contribution in [0.3, 0.4) is 0 Å². The Morgan fingerprint density at radius 1 is 1.00 bits per heavy atom. The van der Waals surface area contributed by atoms with Gasteiger partial charge >= 0.3 is 0 Å². The van der Waals surface area contributed by atoms with E-state index in [9.17, 15) is 0 Å². The van der Waals surface area contributed by atoms with Crippen molar-refractivity contribution in [2.75, 3.05) is 0 Å². The molecule has 0 amide bonds. The van der Waals surface area contributed by atoms with Gasteiger partial charge in [-0.3, -0.25) is 0 Å². The van der Waals surface area contributed by atoms with Crippen molar-refractivity contribution in [3.8, 4) is 16.9 Å². The van der Waals surface area contributed by atoms with Crippen molar-refractivity contribution < 1.29 is 0 Å². The highest BCUT2D eigenvalue weighted by atomic mass is 15.4. The molecule has 0 aliphatic heterocycles. The predicted molar refractivity (Wildman–Crippen MR) is 88.9 cm³/mol. The van der Waals surface area contributed by atoms with Crippen molar-refractivity contribution in [2.45, 2.75) is 27.3 Å². The second-order valence-electron chi connectivity index (χ2n) is 5.64. The van der Waals surface area contributed by atoms with Gasteiger partial charge in [0.2, 0.25) is 0 Å². The lowest BCUT2D eigenvalue weighted by Crippen LogP contribution is -2.03. The van der Waals surface area contributed by atoms with Gasteiger partial charge in [-0.05, 0) is 55.7 Å². The molecular weight excluding hydrogens is 272 g/mol. The third kappa shape index (κ3) is 2.53. The van der Waals surface area contributed by atoms with Crippen molar-refractivity contribution in [3.05, 3.63) is 64.8 Å². The number of nitrogens with two attached hydrogens (primary N) is 1. The minimum atomic E-state index is 0.369. The van der Waals surface area contributed by atoms with E-state index in [0.29, 0.717) is 6.54 Å². The highest BCUT2D eigenvalue weighted by Gasteiger charge is 2.15. The number of benzene rings is 2.